The van der Waals surface area contributed by atoms with Gasteiger partial charge in [-0.05, 0) is 71.9 Å². The molecular weight excluding hydrogens is 408 g/mol. The molecule has 2 atom stereocenters. The summed E-state index contributed by atoms with van der Waals surface area (Å²) in [4.78, 5) is 18.3. The molecule has 2 aromatic rings. The molecule has 0 amide bonds. The Bertz CT molecular complexity index is 1270. The number of nitrogens with one attached hydrogen (secondary N) is 1. The zero-order chi connectivity index (χ0) is 22.8. The number of nitrogens with zero attached hydrogens (tertiary/aromatic N) is 3. The first-order valence-electron chi connectivity index (χ1n) is 12.1. The van der Waals surface area contributed by atoms with Crippen molar-refractivity contribution < 1.29 is 4.79 Å². The first-order chi connectivity index (χ1) is 15.9. The maximum absolute atomic E-state index is 13.7. The molecule has 168 valence electrons. The molecule has 33 heavy (non-hydrogen) atoms. The van der Waals surface area contributed by atoms with Gasteiger partial charge in [0.05, 0.1) is 11.6 Å². The van der Waals surface area contributed by atoms with Crippen LogP contribution in [0.2, 0.25) is 0 Å². The molecule has 4 aliphatic rings. The van der Waals surface area contributed by atoms with Gasteiger partial charge < -0.3 is 5.32 Å². The van der Waals surface area contributed by atoms with E-state index < -0.39 is 5.41 Å². The number of Topliss-reactive ketones (excluding diaryl/α,β-unsaturated/α-hetero) is 1. The van der Waals surface area contributed by atoms with Gasteiger partial charge >= 0.3 is 0 Å². The van der Waals surface area contributed by atoms with Crippen molar-refractivity contribution in [2.24, 2.45) is 15.6 Å². The van der Waals surface area contributed by atoms with Crippen molar-refractivity contribution >= 4 is 5.78 Å². The summed E-state index contributed by atoms with van der Waals surface area (Å²) in [7, 11) is 0. The highest BCUT2D eigenvalue weighted by molar-refractivity contribution is 6.01. The molecule has 0 radical (unpaired) electrons. The molecular formula is C28H30N4O. The van der Waals surface area contributed by atoms with E-state index in [4.69, 9.17) is 0 Å². The van der Waals surface area contributed by atoms with E-state index in [1.807, 2.05) is 12.4 Å². The van der Waals surface area contributed by atoms with Crippen LogP contribution in [-0.4, -0.2) is 16.9 Å². The Labute approximate surface area is 195 Å². The number of hydrogen-bond donors (Lipinski definition) is 1. The molecule has 3 heterocycles. The van der Waals surface area contributed by atoms with Crippen molar-refractivity contribution in [3.05, 3.63) is 76.4 Å². The summed E-state index contributed by atoms with van der Waals surface area (Å²) in [6.07, 6.45) is 9.16. The lowest BCUT2D eigenvalue weighted by atomic mass is 9.58. The van der Waals surface area contributed by atoms with E-state index in [2.05, 4.69) is 71.6 Å². The molecule has 1 N–H and O–H groups in total. The van der Waals surface area contributed by atoms with Crippen LogP contribution in [0.15, 0.2) is 69.8 Å². The Morgan fingerprint density at radius 1 is 1.15 bits per heavy atom. The molecule has 2 aliphatic carbocycles. The molecule has 0 spiro atoms. The van der Waals surface area contributed by atoms with Crippen LogP contribution in [0.1, 0.15) is 63.3 Å². The fraction of sp³-hybridized carbons (Fsp3) is 0.429. The second-order valence-electron chi connectivity index (χ2n) is 10.6. The van der Waals surface area contributed by atoms with Crippen molar-refractivity contribution in [2.45, 2.75) is 70.9 Å². The number of fused-ring (bicyclic) bond motifs is 2. The lowest BCUT2D eigenvalue weighted by Gasteiger charge is -2.47. The van der Waals surface area contributed by atoms with Crippen molar-refractivity contribution in [2.75, 3.05) is 0 Å². The summed E-state index contributed by atoms with van der Waals surface area (Å²) in [6, 6.07) is 11.0. The Morgan fingerprint density at radius 2 is 2.03 bits per heavy atom. The van der Waals surface area contributed by atoms with E-state index in [0.717, 1.165) is 48.1 Å². The molecule has 5 heteroatoms. The van der Waals surface area contributed by atoms with Gasteiger partial charge in [0, 0.05) is 35.2 Å². The molecule has 0 saturated heterocycles. The van der Waals surface area contributed by atoms with Crippen molar-refractivity contribution in [3.8, 4) is 11.1 Å². The van der Waals surface area contributed by atoms with Gasteiger partial charge in [-0.2, -0.15) is 10.2 Å². The minimum atomic E-state index is -0.505. The number of benzene rings is 1. The molecule has 0 fully saturated rings. The number of rotatable bonds is 3. The summed E-state index contributed by atoms with van der Waals surface area (Å²) in [6.45, 7) is 6.54. The number of allylic oxidation sites excluding steroid dienone is 2. The molecule has 0 bridgehead atoms. The van der Waals surface area contributed by atoms with Crippen LogP contribution in [0.4, 0.5) is 0 Å². The van der Waals surface area contributed by atoms with Crippen molar-refractivity contribution in [3.63, 3.8) is 0 Å². The fourth-order valence-electron chi connectivity index (χ4n) is 6.58. The van der Waals surface area contributed by atoms with Crippen LogP contribution in [0.5, 0.6) is 0 Å². The van der Waals surface area contributed by atoms with Crippen LogP contribution in [-0.2, 0) is 23.1 Å². The number of aryl methyl sites for hydroxylation is 1. The average Bonchev–Trinajstić information content (AvgIpc) is 3.46. The maximum atomic E-state index is 13.7. The maximum Gasteiger partial charge on any atom is 0.164 e. The smallest absolute Gasteiger partial charge is 0.164 e. The zero-order valence-electron chi connectivity index (χ0n) is 19.6. The second kappa shape index (κ2) is 7.21. The SMILES string of the molecule is CCC1(c2cccc(-c3ccnc4c3CCC4)c2)C2=CN=NC2NC2=C1C(=O)CC(C)(C)C2. The largest absolute Gasteiger partial charge is 0.362 e. The van der Waals surface area contributed by atoms with E-state index in [0.29, 0.717) is 6.42 Å². The van der Waals surface area contributed by atoms with Crippen LogP contribution >= 0.6 is 0 Å². The Hall–Kier alpha value is -3.08. The number of pyridine rings is 1. The van der Waals surface area contributed by atoms with Gasteiger partial charge in [-0.1, -0.05) is 39.0 Å². The highest BCUT2D eigenvalue weighted by Crippen LogP contribution is 2.54. The van der Waals surface area contributed by atoms with Gasteiger partial charge in [0.2, 0.25) is 0 Å². The summed E-state index contributed by atoms with van der Waals surface area (Å²) in [5, 5.41) is 12.3. The van der Waals surface area contributed by atoms with Crippen LogP contribution in [0.3, 0.4) is 0 Å². The lowest BCUT2D eigenvalue weighted by molar-refractivity contribution is -0.119. The zero-order valence-corrected chi connectivity index (χ0v) is 19.6. The average molecular weight is 439 g/mol. The first kappa shape index (κ1) is 20.5. The van der Waals surface area contributed by atoms with Gasteiger partial charge in [-0.15, -0.1) is 0 Å². The fourth-order valence-corrected chi connectivity index (χ4v) is 6.58. The number of carbonyl (C=O) groups is 1. The summed E-state index contributed by atoms with van der Waals surface area (Å²) < 4.78 is 0. The Balaban J connectivity index is 1.56. The van der Waals surface area contributed by atoms with E-state index >= 15 is 0 Å². The van der Waals surface area contributed by atoms with E-state index in [1.165, 1.54) is 28.8 Å². The van der Waals surface area contributed by atoms with Gasteiger partial charge in [0.1, 0.15) is 0 Å². The van der Waals surface area contributed by atoms with Gasteiger partial charge in [0.25, 0.3) is 0 Å². The molecule has 1 aromatic carbocycles. The molecule has 2 aliphatic heterocycles. The number of carbonyl (C=O) groups excluding carboxylic acids is 1. The standard InChI is InChI=1S/C28H30N4O/c1-4-28(18-8-5-7-17(13-18)19-11-12-29-22-10-6-9-20(19)22)21-16-30-32-26(21)31-23-14-27(2,3)15-24(33)25(23)28/h5,7-8,11-13,16,26,31H,4,6,9-10,14-15H2,1-3H3. The van der Waals surface area contributed by atoms with Crippen LogP contribution in [0.25, 0.3) is 11.1 Å². The minimum absolute atomic E-state index is 0.0567. The number of hydrogen-bond acceptors (Lipinski definition) is 5. The number of azo groups is 1. The molecule has 5 nitrogen and oxygen atoms in total. The van der Waals surface area contributed by atoms with Crippen LogP contribution < -0.4 is 5.32 Å². The number of ketones is 1. The molecule has 2 unspecified atom stereocenters. The van der Waals surface area contributed by atoms with Crippen molar-refractivity contribution in [1.82, 2.24) is 10.3 Å². The van der Waals surface area contributed by atoms with Crippen molar-refractivity contribution in [1.29, 1.82) is 0 Å². The first-order valence-corrected chi connectivity index (χ1v) is 12.1. The third kappa shape index (κ3) is 2.98. The number of aromatic nitrogens is 1. The normalized spacial score (nSPS) is 27.1. The van der Waals surface area contributed by atoms with Gasteiger partial charge in [0.15, 0.2) is 11.9 Å². The second-order valence-corrected chi connectivity index (χ2v) is 10.6. The third-order valence-electron chi connectivity index (χ3n) is 7.96. The predicted octanol–water partition coefficient (Wildman–Crippen LogP) is 5.81. The van der Waals surface area contributed by atoms with Gasteiger partial charge in [-0.3, -0.25) is 9.78 Å². The van der Waals surface area contributed by atoms with Crippen LogP contribution in [0, 0.1) is 5.41 Å². The predicted molar refractivity (Wildman–Crippen MR) is 129 cm³/mol. The minimum Gasteiger partial charge on any atom is -0.362 e. The summed E-state index contributed by atoms with van der Waals surface area (Å²) in [5.41, 5.74) is 8.76. The Morgan fingerprint density at radius 3 is 2.88 bits per heavy atom. The monoisotopic (exact) mass is 438 g/mol. The topological polar surface area (TPSA) is 66.7 Å². The Kier molecular flexibility index (Phi) is 4.48. The van der Waals surface area contributed by atoms with Gasteiger partial charge in [-0.25, -0.2) is 0 Å². The van der Waals surface area contributed by atoms with E-state index in [9.17, 15) is 4.79 Å². The van der Waals surface area contributed by atoms with E-state index in [1.54, 1.807) is 0 Å². The quantitative estimate of drug-likeness (QED) is 0.658. The highest BCUT2D eigenvalue weighted by atomic mass is 16.1. The molecule has 6 rings (SSSR count). The molecule has 0 saturated carbocycles. The highest BCUT2D eigenvalue weighted by Gasteiger charge is 2.53. The summed E-state index contributed by atoms with van der Waals surface area (Å²) in [5.74, 6) is 0.247. The van der Waals surface area contributed by atoms with E-state index in [-0.39, 0.29) is 17.4 Å². The molecule has 1 aromatic heterocycles. The lowest BCUT2D eigenvalue weighted by Crippen LogP contribution is -2.51. The third-order valence-corrected chi connectivity index (χ3v) is 7.96. The summed E-state index contributed by atoms with van der Waals surface area (Å²) >= 11 is 0.